The van der Waals surface area contributed by atoms with Crippen molar-refractivity contribution >= 4 is 11.7 Å². The Morgan fingerprint density at radius 2 is 2.35 bits per heavy atom. The van der Waals surface area contributed by atoms with Crippen molar-refractivity contribution in [1.82, 2.24) is 19.9 Å². The molecule has 3 rings (SSSR count). The normalized spacial score (nSPS) is 14.6. The monoisotopic (exact) mass is 357 g/mol. The molecular formula is C18H23N5O3. The Kier molecular flexibility index (Phi) is 6.08. The maximum absolute atomic E-state index is 12.6. The van der Waals surface area contributed by atoms with Gasteiger partial charge in [0.25, 0.3) is 5.91 Å². The molecule has 1 amide bonds. The highest BCUT2D eigenvalue weighted by Crippen LogP contribution is 2.23. The van der Waals surface area contributed by atoms with Crippen LogP contribution in [0.25, 0.3) is 0 Å². The number of rotatable bonds is 7. The number of nitrogens with zero attached hydrogens (tertiary/aromatic N) is 4. The molecule has 0 radical (unpaired) electrons. The van der Waals surface area contributed by atoms with Gasteiger partial charge in [-0.05, 0) is 25.5 Å². The number of aromatic nitrogens is 3. The number of pyridine rings is 1. The van der Waals surface area contributed by atoms with E-state index in [2.05, 4.69) is 20.3 Å². The molecule has 0 saturated carbocycles. The quantitative estimate of drug-likeness (QED) is 0.758. The molecule has 8 heteroatoms. The maximum Gasteiger partial charge on any atom is 0.255 e. The van der Waals surface area contributed by atoms with Gasteiger partial charge in [-0.15, -0.1) is 0 Å². The van der Waals surface area contributed by atoms with E-state index in [4.69, 9.17) is 4.74 Å². The first-order valence-electron chi connectivity index (χ1n) is 8.70. The third kappa shape index (κ3) is 4.33. The molecule has 1 aliphatic rings. The minimum absolute atomic E-state index is 0.0518. The van der Waals surface area contributed by atoms with E-state index in [1.165, 1.54) is 6.33 Å². The molecule has 26 heavy (non-hydrogen) atoms. The average molecular weight is 357 g/mol. The summed E-state index contributed by atoms with van der Waals surface area (Å²) in [5, 5.41) is 13.1. The maximum atomic E-state index is 12.6. The number of aliphatic hydroxyl groups excluding tert-OH is 1. The van der Waals surface area contributed by atoms with Crippen LogP contribution in [0.15, 0.2) is 30.9 Å². The number of hydrogen-bond acceptors (Lipinski definition) is 7. The minimum Gasteiger partial charge on any atom is -0.389 e. The predicted molar refractivity (Wildman–Crippen MR) is 95.7 cm³/mol. The van der Waals surface area contributed by atoms with Crippen molar-refractivity contribution in [3.05, 3.63) is 47.7 Å². The summed E-state index contributed by atoms with van der Waals surface area (Å²) in [6, 6.07) is 3.51. The molecule has 3 heterocycles. The molecule has 1 atom stereocenters. The highest BCUT2D eigenvalue weighted by molar-refractivity contribution is 5.94. The largest absolute Gasteiger partial charge is 0.389 e. The molecule has 0 fully saturated rings. The van der Waals surface area contributed by atoms with Crippen LogP contribution in [0.4, 0.5) is 5.82 Å². The standard InChI is InChI=1S/C18H23N5O3/c1-2-26-11-14(24)9-20-17-15-5-7-23(10-16(15)21-12-22-17)18(25)13-4-3-6-19-8-13/h3-4,6,8,12,14,24H,2,5,7,9-11H2,1H3,(H,20,21,22)/t14-/m0/s1. The zero-order chi connectivity index (χ0) is 18.4. The van der Waals surface area contributed by atoms with Crippen molar-refractivity contribution < 1.29 is 14.6 Å². The molecule has 0 aromatic carbocycles. The Hall–Kier alpha value is -2.58. The molecule has 2 aromatic heterocycles. The van der Waals surface area contributed by atoms with Crippen molar-refractivity contribution in [2.45, 2.75) is 26.0 Å². The fourth-order valence-electron chi connectivity index (χ4n) is 2.88. The number of amides is 1. The van der Waals surface area contributed by atoms with Crippen LogP contribution in [0.3, 0.4) is 0 Å². The first kappa shape index (κ1) is 18.2. The number of nitrogens with one attached hydrogen (secondary N) is 1. The number of hydrogen-bond donors (Lipinski definition) is 2. The number of carbonyl (C=O) groups is 1. The summed E-state index contributed by atoms with van der Waals surface area (Å²) in [6.45, 7) is 4.11. The van der Waals surface area contributed by atoms with E-state index in [1.807, 2.05) is 6.92 Å². The second-order valence-corrected chi connectivity index (χ2v) is 6.06. The summed E-state index contributed by atoms with van der Waals surface area (Å²) in [4.78, 5) is 27.0. The van der Waals surface area contributed by atoms with E-state index in [9.17, 15) is 9.90 Å². The average Bonchev–Trinajstić information content (AvgIpc) is 2.70. The van der Waals surface area contributed by atoms with Crippen LogP contribution < -0.4 is 5.32 Å². The molecule has 2 N–H and O–H groups in total. The topological polar surface area (TPSA) is 100 Å². The lowest BCUT2D eigenvalue weighted by molar-refractivity contribution is 0.0495. The van der Waals surface area contributed by atoms with Crippen LogP contribution >= 0.6 is 0 Å². The molecule has 138 valence electrons. The van der Waals surface area contributed by atoms with Gasteiger partial charge >= 0.3 is 0 Å². The zero-order valence-electron chi connectivity index (χ0n) is 14.8. The molecule has 0 aliphatic carbocycles. The molecule has 0 saturated heterocycles. The van der Waals surface area contributed by atoms with Gasteiger partial charge in [0.1, 0.15) is 12.1 Å². The van der Waals surface area contributed by atoms with Gasteiger partial charge in [0.15, 0.2) is 0 Å². The van der Waals surface area contributed by atoms with Crippen LogP contribution in [-0.2, 0) is 17.7 Å². The first-order chi connectivity index (χ1) is 12.7. The summed E-state index contributed by atoms with van der Waals surface area (Å²) in [7, 11) is 0. The third-order valence-corrected chi connectivity index (χ3v) is 4.22. The third-order valence-electron chi connectivity index (χ3n) is 4.22. The lowest BCUT2D eigenvalue weighted by Crippen LogP contribution is -2.37. The molecular weight excluding hydrogens is 334 g/mol. The number of anilines is 1. The Morgan fingerprint density at radius 1 is 1.46 bits per heavy atom. The van der Waals surface area contributed by atoms with Gasteiger partial charge in [-0.3, -0.25) is 9.78 Å². The van der Waals surface area contributed by atoms with Gasteiger partial charge in [-0.25, -0.2) is 9.97 Å². The van der Waals surface area contributed by atoms with E-state index in [1.54, 1.807) is 29.4 Å². The Bertz CT molecular complexity index is 741. The summed E-state index contributed by atoms with van der Waals surface area (Å²) in [5.41, 5.74) is 2.39. The smallest absolute Gasteiger partial charge is 0.255 e. The van der Waals surface area contributed by atoms with Crippen LogP contribution in [0.1, 0.15) is 28.5 Å². The highest BCUT2D eigenvalue weighted by atomic mass is 16.5. The SMILES string of the molecule is CCOC[C@@H](O)CNc1ncnc2c1CCN(C(=O)c1cccnc1)C2. The highest BCUT2D eigenvalue weighted by Gasteiger charge is 2.25. The van der Waals surface area contributed by atoms with Gasteiger partial charge in [-0.2, -0.15) is 0 Å². The van der Waals surface area contributed by atoms with Crippen LogP contribution in [0.5, 0.6) is 0 Å². The molecule has 0 spiro atoms. The second-order valence-electron chi connectivity index (χ2n) is 6.06. The molecule has 1 aliphatic heterocycles. The number of carbonyl (C=O) groups excluding carboxylic acids is 1. The van der Waals surface area contributed by atoms with Gasteiger partial charge in [0.2, 0.25) is 0 Å². The molecule has 8 nitrogen and oxygen atoms in total. The fourth-order valence-corrected chi connectivity index (χ4v) is 2.88. The van der Waals surface area contributed by atoms with Gasteiger partial charge in [-0.1, -0.05) is 0 Å². The van der Waals surface area contributed by atoms with Crippen molar-refractivity contribution in [3.8, 4) is 0 Å². The van der Waals surface area contributed by atoms with Crippen LogP contribution in [0, 0.1) is 0 Å². The van der Waals surface area contributed by atoms with Crippen molar-refractivity contribution in [2.75, 3.05) is 31.6 Å². The van der Waals surface area contributed by atoms with E-state index in [-0.39, 0.29) is 12.5 Å². The number of aliphatic hydroxyl groups is 1. The van der Waals surface area contributed by atoms with Gasteiger partial charge < -0.3 is 20.1 Å². The zero-order valence-corrected chi connectivity index (χ0v) is 14.8. The van der Waals surface area contributed by atoms with E-state index in [0.717, 1.165) is 11.3 Å². The Morgan fingerprint density at radius 3 is 3.12 bits per heavy atom. The molecule has 0 bridgehead atoms. The van der Waals surface area contributed by atoms with Crippen molar-refractivity contribution in [3.63, 3.8) is 0 Å². The van der Waals surface area contributed by atoms with Crippen molar-refractivity contribution in [1.29, 1.82) is 0 Å². The summed E-state index contributed by atoms with van der Waals surface area (Å²) >= 11 is 0. The second kappa shape index (κ2) is 8.68. The lowest BCUT2D eigenvalue weighted by atomic mass is 10.0. The Labute approximate surface area is 152 Å². The van der Waals surface area contributed by atoms with E-state index in [0.29, 0.717) is 44.0 Å². The van der Waals surface area contributed by atoms with Crippen LogP contribution in [0.2, 0.25) is 0 Å². The minimum atomic E-state index is -0.604. The first-order valence-corrected chi connectivity index (χ1v) is 8.70. The molecule has 0 unspecified atom stereocenters. The summed E-state index contributed by atoms with van der Waals surface area (Å²) in [5.74, 6) is 0.656. The van der Waals surface area contributed by atoms with E-state index < -0.39 is 6.10 Å². The predicted octanol–water partition coefficient (Wildman–Crippen LogP) is 0.879. The molecule has 2 aromatic rings. The van der Waals surface area contributed by atoms with Gasteiger partial charge in [0, 0.05) is 37.7 Å². The number of ether oxygens (including phenoxy) is 1. The summed E-state index contributed by atoms with van der Waals surface area (Å²) < 4.78 is 5.21. The van der Waals surface area contributed by atoms with E-state index >= 15 is 0 Å². The number of fused-ring (bicyclic) bond motifs is 1. The fraction of sp³-hybridized carbons (Fsp3) is 0.444. The van der Waals surface area contributed by atoms with Crippen molar-refractivity contribution in [2.24, 2.45) is 0 Å². The van der Waals surface area contributed by atoms with Gasteiger partial charge in [0.05, 0.1) is 30.5 Å². The Balaban J connectivity index is 1.66. The summed E-state index contributed by atoms with van der Waals surface area (Å²) in [6.07, 6.45) is 4.76. The lowest BCUT2D eigenvalue weighted by Gasteiger charge is -2.29. The van der Waals surface area contributed by atoms with Crippen LogP contribution in [-0.4, -0.2) is 63.3 Å².